The second kappa shape index (κ2) is 6.40. The van der Waals surface area contributed by atoms with Gasteiger partial charge in [0.05, 0.1) is 5.69 Å². The van der Waals surface area contributed by atoms with E-state index in [2.05, 4.69) is 64.7 Å². The molecule has 0 spiro atoms. The average molecular weight is 382 g/mol. The van der Waals surface area contributed by atoms with Gasteiger partial charge in [-0.25, -0.2) is 0 Å². The van der Waals surface area contributed by atoms with Crippen molar-refractivity contribution in [3.63, 3.8) is 0 Å². The van der Waals surface area contributed by atoms with E-state index in [-0.39, 0.29) is 5.78 Å². The second-order valence-corrected chi connectivity index (χ2v) is 7.11. The Morgan fingerprint density at radius 3 is 2.17 bits per heavy atom. The van der Waals surface area contributed by atoms with Crippen LogP contribution in [0.15, 0.2) is 53.0 Å². The largest absolute Gasteiger partial charge is 0.313 e. The van der Waals surface area contributed by atoms with Crippen molar-refractivity contribution in [2.45, 2.75) is 27.7 Å². The van der Waals surface area contributed by atoms with Gasteiger partial charge in [0, 0.05) is 21.4 Å². The SMILES string of the molecule is CC(=O)c1cc(-c2ccc(C)c(C)c2)n(-c2ccc(Br)cc2)c1C. The molecule has 0 aliphatic carbocycles. The third kappa shape index (κ3) is 2.96. The van der Waals surface area contributed by atoms with Crippen molar-refractivity contribution in [2.75, 3.05) is 0 Å². The Bertz CT molecular complexity index is 920. The summed E-state index contributed by atoms with van der Waals surface area (Å²) in [4.78, 5) is 12.0. The summed E-state index contributed by atoms with van der Waals surface area (Å²) in [5, 5.41) is 0. The summed E-state index contributed by atoms with van der Waals surface area (Å²) in [5.41, 5.74) is 7.47. The smallest absolute Gasteiger partial charge is 0.161 e. The van der Waals surface area contributed by atoms with Crippen LogP contribution in [0.25, 0.3) is 16.9 Å². The molecule has 0 fully saturated rings. The lowest BCUT2D eigenvalue weighted by molar-refractivity contribution is 0.101. The molecule has 0 unspecified atom stereocenters. The molecule has 0 saturated carbocycles. The van der Waals surface area contributed by atoms with Gasteiger partial charge < -0.3 is 4.57 Å². The third-order valence-electron chi connectivity index (χ3n) is 4.51. The fourth-order valence-electron chi connectivity index (χ4n) is 3.00. The molecule has 0 aliphatic heterocycles. The number of hydrogen-bond acceptors (Lipinski definition) is 1. The summed E-state index contributed by atoms with van der Waals surface area (Å²) in [6, 6.07) is 16.6. The highest BCUT2D eigenvalue weighted by molar-refractivity contribution is 9.10. The number of ketones is 1. The number of benzene rings is 2. The molecule has 0 amide bonds. The highest BCUT2D eigenvalue weighted by atomic mass is 79.9. The first-order valence-electron chi connectivity index (χ1n) is 7.95. The summed E-state index contributed by atoms with van der Waals surface area (Å²) in [6.45, 7) is 7.85. The van der Waals surface area contributed by atoms with Gasteiger partial charge in [0.2, 0.25) is 0 Å². The van der Waals surface area contributed by atoms with Crippen LogP contribution in [0.1, 0.15) is 34.1 Å². The number of Topliss-reactive ketones (excluding diaryl/α,β-unsaturated/α-hetero) is 1. The Labute approximate surface area is 151 Å². The van der Waals surface area contributed by atoms with E-state index in [9.17, 15) is 4.79 Å². The molecule has 3 aromatic rings. The molecule has 0 atom stereocenters. The van der Waals surface area contributed by atoms with Gasteiger partial charge in [-0.2, -0.15) is 0 Å². The lowest BCUT2D eigenvalue weighted by Gasteiger charge is -2.13. The van der Waals surface area contributed by atoms with Gasteiger partial charge in [0.25, 0.3) is 0 Å². The maximum atomic E-state index is 12.0. The lowest BCUT2D eigenvalue weighted by atomic mass is 10.0. The molecule has 0 radical (unpaired) electrons. The summed E-state index contributed by atoms with van der Waals surface area (Å²) < 4.78 is 3.20. The summed E-state index contributed by atoms with van der Waals surface area (Å²) in [6.07, 6.45) is 0. The van der Waals surface area contributed by atoms with Crippen molar-refractivity contribution in [1.29, 1.82) is 0 Å². The average Bonchev–Trinajstić information content (AvgIpc) is 2.88. The molecular formula is C21H20BrNO. The van der Waals surface area contributed by atoms with E-state index in [0.29, 0.717) is 0 Å². The fraction of sp³-hybridized carbons (Fsp3) is 0.190. The van der Waals surface area contributed by atoms with Gasteiger partial charge in [-0.1, -0.05) is 28.1 Å². The van der Waals surface area contributed by atoms with Crippen LogP contribution in [0.4, 0.5) is 0 Å². The number of carbonyl (C=O) groups excluding carboxylic acids is 1. The van der Waals surface area contributed by atoms with Crippen molar-refractivity contribution >= 4 is 21.7 Å². The first-order chi connectivity index (χ1) is 11.4. The summed E-state index contributed by atoms with van der Waals surface area (Å²) in [5.74, 6) is 0.0912. The zero-order chi connectivity index (χ0) is 17.4. The van der Waals surface area contributed by atoms with Crippen molar-refractivity contribution in [2.24, 2.45) is 0 Å². The van der Waals surface area contributed by atoms with E-state index in [1.165, 1.54) is 11.1 Å². The lowest BCUT2D eigenvalue weighted by Crippen LogP contribution is -2.01. The maximum absolute atomic E-state index is 12.0. The highest BCUT2D eigenvalue weighted by Gasteiger charge is 2.17. The molecule has 1 heterocycles. The molecule has 3 rings (SSSR count). The van der Waals surface area contributed by atoms with E-state index in [4.69, 9.17) is 0 Å². The predicted molar refractivity (Wildman–Crippen MR) is 103 cm³/mol. The number of halogens is 1. The second-order valence-electron chi connectivity index (χ2n) is 6.20. The van der Waals surface area contributed by atoms with Crippen LogP contribution >= 0.6 is 15.9 Å². The zero-order valence-corrected chi connectivity index (χ0v) is 15.9. The zero-order valence-electron chi connectivity index (χ0n) is 14.4. The monoisotopic (exact) mass is 381 g/mol. The topological polar surface area (TPSA) is 22.0 Å². The van der Waals surface area contributed by atoms with E-state index in [1.54, 1.807) is 6.92 Å². The molecule has 1 aromatic heterocycles. The number of aryl methyl sites for hydroxylation is 2. The predicted octanol–water partition coefficient (Wildman–Crippen LogP) is 6.03. The Balaban J connectivity index is 2.28. The standard InChI is InChI=1S/C21H20BrNO/c1-13-5-6-17(11-14(13)2)21-12-20(16(4)24)15(3)23(21)19-9-7-18(22)8-10-19/h5-12H,1-4H3. The Morgan fingerprint density at radius 2 is 1.58 bits per heavy atom. The van der Waals surface area contributed by atoms with Gasteiger partial charge in [-0.15, -0.1) is 0 Å². The normalized spacial score (nSPS) is 10.9. The van der Waals surface area contributed by atoms with Crippen LogP contribution in [0.2, 0.25) is 0 Å². The quantitative estimate of drug-likeness (QED) is 0.507. The van der Waals surface area contributed by atoms with E-state index >= 15 is 0 Å². The molecule has 0 aliphatic rings. The molecule has 0 saturated heterocycles. The van der Waals surface area contributed by atoms with Crippen molar-refractivity contribution in [3.05, 3.63) is 75.4 Å². The maximum Gasteiger partial charge on any atom is 0.161 e. The summed E-state index contributed by atoms with van der Waals surface area (Å²) in [7, 11) is 0. The van der Waals surface area contributed by atoms with Crippen LogP contribution in [-0.4, -0.2) is 10.4 Å². The summed E-state index contributed by atoms with van der Waals surface area (Å²) >= 11 is 3.48. The number of rotatable bonds is 3. The fourth-order valence-corrected chi connectivity index (χ4v) is 3.26. The molecule has 2 aromatic carbocycles. The number of nitrogens with zero attached hydrogens (tertiary/aromatic N) is 1. The number of aromatic nitrogens is 1. The van der Waals surface area contributed by atoms with E-state index in [0.717, 1.165) is 32.7 Å². The van der Waals surface area contributed by atoms with Crippen molar-refractivity contribution in [3.8, 4) is 16.9 Å². The van der Waals surface area contributed by atoms with Crippen LogP contribution in [0, 0.1) is 20.8 Å². The molecule has 2 nitrogen and oxygen atoms in total. The first kappa shape index (κ1) is 16.7. The van der Waals surface area contributed by atoms with Crippen LogP contribution in [-0.2, 0) is 0 Å². The molecule has 0 bridgehead atoms. The Kier molecular flexibility index (Phi) is 4.46. The Morgan fingerprint density at radius 1 is 0.917 bits per heavy atom. The minimum absolute atomic E-state index is 0.0912. The van der Waals surface area contributed by atoms with Gasteiger partial charge in [0.15, 0.2) is 5.78 Å². The minimum Gasteiger partial charge on any atom is -0.313 e. The minimum atomic E-state index is 0.0912. The van der Waals surface area contributed by atoms with Crippen LogP contribution in [0.5, 0.6) is 0 Å². The van der Waals surface area contributed by atoms with Crippen LogP contribution < -0.4 is 0 Å². The first-order valence-corrected chi connectivity index (χ1v) is 8.74. The molecule has 122 valence electrons. The van der Waals surface area contributed by atoms with Gasteiger partial charge >= 0.3 is 0 Å². The molecule has 3 heteroatoms. The Hall–Kier alpha value is -2.13. The van der Waals surface area contributed by atoms with Gasteiger partial charge in [-0.05, 0) is 80.8 Å². The third-order valence-corrected chi connectivity index (χ3v) is 5.04. The van der Waals surface area contributed by atoms with Crippen LogP contribution in [0.3, 0.4) is 0 Å². The molecule has 0 N–H and O–H groups in total. The van der Waals surface area contributed by atoms with Gasteiger partial charge in [0.1, 0.15) is 0 Å². The molecule has 24 heavy (non-hydrogen) atoms. The van der Waals surface area contributed by atoms with E-state index in [1.807, 2.05) is 25.1 Å². The molecular weight excluding hydrogens is 362 g/mol. The van der Waals surface area contributed by atoms with Crippen molar-refractivity contribution < 1.29 is 4.79 Å². The van der Waals surface area contributed by atoms with Crippen molar-refractivity contribution in [1.82, 2.24) is 4.57 Å². The highest BCUT2D eigenvalue weighted by Crippen LogP contribution is 2.31. The van der Waals surface area contributed by atoms with Gasteiger partial charge in [-0.3, -0.25) is 4.79 Å². The van der Waals surface area contributed by atoms with E-state index < -0.39 is 0 Å². The number of carbonyl (C=O) groups is 1. The number of hydrogen-bond donors (Lipinski definition) is 0.